The molecule has 106 valence electrons. The van der Waals surface area contributed by atoms with Crippen LogP contribution in [0.15, 0.2) is 36.7 Å². The van der Waals surface area contributed by atoms with Gasteiger partial charge in [0, 0.05) is 38.1 Å². The fourth-order valence-electron chi connectivity index (χ4n) is 1.92. The van der Waals surface area contributed by atoms with E-state index >= 15 is 0 Å². The third-order valence-electron chi connectivity index (χ3n) is 2.95. The summed E-state index contributed by atoms with van der Waals surface area (Å²) < 4.78 is 15.6. The number of amides is 1. The van der Waals surface area contributed by atoms with Crippen molar-refractivity contribution in [1.29, 1.82) is 0 Å². The molecule has 2 rings (SSSR count). The summed E-state index contributed by atoms with van der Waals surface area (Å²) in [6.45, 7) is 5.02. The van der Waals surface area contributed by atoms with Gasteiger partial charge in [-0.15, -0.1) is 0 Å². The van der Waals surface area contributed by atoms with Crippen molar-refractivity contribution in [2.45, 2.75) is 26.9 Å². The maximum Gasteiger partial charge on any atom is 0.221 e. The minimum Gasteiger partial charge on any atom is -0.381 e. The van der Waals surface area contributed by atoms with Crippen LogP contribution in [0.3, 0.4) is 0 Å². The van der Waals surface area contributed by atoms with Gasteiger partial charge in [0.2, 0.25) is 5.91 Å². The number of aryl methyl sites for hydroxylation is 1. The van der Waals surface area contributed by atoms with Crippen LogP contribution in [0.4, 0.5) is 15.8 Å². The van der Waals surface area contributed by atoms with Gasteiger partial charge >= 0.3 is 0 Å². The Labute approximate surface area is 117 Å². The maximum absolute atomic E-state index is 13.5. The van der Waals surface area contributed by atoms with Gasteiger partial charge in [0.1, 0.15) is 5.82 Å². The van der Waals surface area contributed by atoms with Crippen molar-refractivity contribution in [3.63, 3.8) is 0 Å². The second-order valence-corrected chi connectivity index (χ2v) is 4.58. The van der Waals surface area contributed by atoms with Crippen LogP contribution in [0.5, 0.6) is 0 Å². The average Bonchev–Trinajstić information content (AvgIpc) is 2.87. The standard InChI is InChI=1S/C15H18FN3O/c1-3-19-7-6-12(10-19)9-17-13-4-5-14(16)15(8-13)18-11(2)20/h4-8,10,17H,3,9H2,1-2H3,(H,18,20). The predicted molar refractivity (Wildman–Crippen MR) is 78.1 cm³/mol. The number of nitrogens with one attached hydrogen (secondary N) is 2. The molecule has 5 heteroatoms. The molecule has 4 nitrogen and oxygen atoms in total. The molecular formula is C15H18FN3O. The van der Waals surface area contributed by atoms with Crippen molar-refractivity contribution in [2.24, 2.45) is 0 Å². The fourth-order valence-corrected chi connectivity index (χ4v) is 1.92. The van der Waals surface area contributed by atoms with Gasteiger partial charge in [0.15, 0.2) is 0 Å². The molecule has 0 aliphatic heterocycles. The molecular weight excluding hydrogens is 257 g/mol. The molecule has 1 heterocycles. The quantitative estimate of drug-likeness (QED) is 0.880. The molecule has 2 aromatic rings. The topological polar surface area (TPSA) is 46.1 Å². The number of anilines is 2. The first-order valence-corrected chi connectivity index (χ1v) is 6.54. The summed E-state index contributed by atoms with van der Waals surface area (Å²) in [4.78, 5) is 11.0. The number of hydrogen-bond acceptors (Lipinski definition) is 2. The molecule has 1 aromatic carbocycles. The molecule has 20 heavy (non-hydrogen) atoms. The number of rotatable bonds is 5. The molecule has 0 atom stereocenters. The lowest BCUT2D eigenvalue weighted by Crippen LogP contribution is -2.08. The highest BCUT2D eigenvalue weighted by Crippen LogP contribution is 2.20. The summed E-state index contributed by atoms with van der Waals surface area (Å²) in [6.07, 6.45) is 4.08. The zero-order chi connectivity index (χ0) is 14.5. The molecule has 0 unspecified atom stereocenters. The molecule has 0 saturated heterocycles. The van der Waals surface area contributed by atoms with Crippen LogP contribution in [0.2, 0.25) is 0 Å². The fraction of sp³-hybridized carbons (Fsp3) is 0.267. The van der Waals surface area contributed by atoms with Gasteiger partial charge in [-0.25, -0.2) is 4.39 Å². The van der Waals surface area contributed by atoms with E-state index in [1.165, 1.54) is 13.0 Å². The number of hydrogen-bond donors (Lipinski definition) is 2. The third kappa shape index (κ3) is 3.60. The second kappa shape index (κ2) is 6.23. The molecule has 0 fully saturated rings. The highest BCUT2D eigenvalue weighted by Gasteiger charge is 2.05. The minimum absolute atomic E-state index is 0.189. The Balaban J connectivity index is 2.03. The SMILES string of the molecule is CCn1ccc(CNc2ccc(F)c(NC(C)=O)c2)c1. The zero-order valence-electron chi connectivity index (χ0n) is 11.6. The summed E-state index contributed by atoms with van der Waals surface area (Å²) >= 11 is 0. The van der Waals surface area contributed by atoms with Crippen molar-refractivity contribution >= 4 is 17.3 Å². The molecule has 0 bridgehead atoms. The Hall–Kier alpha value is -2.30. The van der Waals surface area contributed by atoms with E-state index in [2.05, 4.69) is 28.3 Å². The number of aromatic nitrogens is 1. The van der Waals surface area contributed by atoms with E-state index in [0.717, 1.165) is 17.8 Å². The van der Waals surface area contributed by atoms with Gasteiger partial charge < -0.3 is 15.2 Å². The van der Waals surface area contributed by atoms with E-state index in [0.29, 0.717) is 6.54 Å². The summed E-state index contributed by atoms with van der Waals surface area (Å²) in [5.74, 6) is -0.732. The van der Waals surface area contributed by atoms with E-state index in [-0.39, 0.29) is 11.6 Å². The monoisotopic (exact) mass is 275 g/mol. The van der Waals surface area contributed by atoms with Crippen LogP contribution in [0.25, 0.3) is 0 Å². The molecule has 0 radical (unpaired) electrons. The van der Waals surface area contributed by atoms with Gasteiger partial charge in [-0.3, -0.25) is 4.79 Å². The van der Waals surface area contributed by atoms with Gasteiger partial charge in [0.05, 0.1) is 5.69 Å². The molecule has 1 aromatic heterocycles. The van der Waals surface area contributed by atoms with Crippen molar-refractivity contribution < 1.29 is 9.18 Å². The van der Waals surface area contributed by atoms with Crippen molar-refractivity contribution in [3.05, 3.63) is 48.0 Å². The summed E-state index contributed by atoms with van der Waals surface area (Å²) in [6, 6.07) is 6.62. The van der Waals surface area contributed by atoms with E-state index < -0.39 is 5.82 Å². The molecule has 1 amide bonds. The molecule has 2 N–H and O–H groups in total. The summed E-state index contributed by atoms with van der Waals surface area (Å²) in [5.41, 5.74) is 2.10. The normalized spacial score (nSPS) is 10.3. The smallest absolute Gasteiger partial charge is 0.221 e. The van der Waals surface area contributed by atoms with Crippen molar-refractivity contribution in [2.75, 3.05) is 10.6 Å². The van der Waals surface area contributed by atoms with E-state index in [1.807, 2.05) is 12.3 Å². The number of carbonyl (C=O) groups is 1. The maximum atomic E-state index is 13.5. The summed E-state index contributed by atoms with van der Waals surface area (Å²) in [5, 5.41) is 5.67. The van der Waals surface area contributed by atoms with Crippen LogP contribution < -0.4 is 10.6 Å². The molecule has 0 aliphatic carbocycles. The summed E-state index contributed by atoms with van der Waals surface area (Å²) in [7, 11) is 0. The Morgan fingerprint density at radius 2 is 2.15 bits per heavy atom. The van der Waals surface area contributed by atoms with Gasteiger partial charge in [-0.05, 0) is 36.8 Å². The first-order chi connectivity index (χ1) is 9.58. The van der Waals surface area contributed by atoms with Crippen LogP contribution in [0.1, 0.15) is 19.4 Å². The highest BCUT2D eigenvalue weighted by molar-refractivity contribution is 5.89. The molecule has 0 aliphatic rings. The van der Waals surface area contributed by atoms with E-state index in [9.17, 15) is 9.18 Å². The second-order valence-electron chi connectivity index (χ2n) is 4.58. The Morgan fingerprint density at radius 1 is 1.35 bits per heavy atom. The van der Waals surface area contributed by atoms with Crippen molar-refractivity contribution in [1.82, 2.24) is 4.57 Å². The Kier molecular flexibility index (Phi) is 4.40. The Bertz CT molecular complexity index is 607. The first-order valence-electron chi connectivity index (χ1n) is 6.54. The Morgan fingerprint density at radius 3 is 2.80 bits per heavy atom. The number of benzene rings is 1. The first kappa shape index (κ1) is 14.1. The highest BCUT2D eigenvalue weighted by atomic mass is 19.1. The number of nitrogens with zero attached hydrogens (tertiary/aromatic N) is 1. The van der Waals surface area contributed by atoms with Crippen LogP contribution >= 0.6 is 0 Å². The van der Waals surface area contributed by atoms with Crippen molar-refractivity contribution in [3.8, 4) is 0 Å². The van der Waals surface area contributed by atoms with Gasteiger partial charge in [0.25, 0.3) is 0 Å². The average molecular weight is 275 g/mol. The van der Waals surface area contributed by atoms with E-state index in [4.69, 9.17) is 0 Å². The lowest BCUT2D eigenvalue weighted by Gasteiger charge is -2.09. The number of carbonyl (C=O) groups excluding carboxylic acids is 1. The number of halogens is 1. The minimum atomic E-state index is -0.442. The van der Waals surface area contributed by atoms with E-state index in [1.54, 1.807) is 12.1 Å². The van der Waals surface area contributed by atoms with Crippen LogP contribution in [0, 0.1) is 5.82 Å². The predicted octanol–water partition coefficient (Wildman–Crippen LogP) is 3.22. The third-order valence-corrected chi connectivity index (χ3v) is 2.95. The van der Waals surface area contributed by atoms with Crippen LogP contribution in [-0.2, 0) is 17.9 Å². The largest absolute Gasteiger partial charge is 0.381 e. The van der Waals surface area contributed by atoms with Gasteiger partial charge in [-0.2, -0.15) is 0 Å². The molecule has 0 spiro atoms. The lowest BCUT2D eigenvalue weighted by molar-refractivity contribution is -0.114. The molecule has 0 saturated carbocycles. The lowest BCUT2D eigenvalue weighted by atomic mass is 10.2. The van der Waals surface area contributed by atoms with Gasteiger partial charge in [-0.1, -0.05) is 0 Å². The van der Waals surface area contributed by atoms with Crippen LogP contribution in [-0.4, -0.2) is 10.5 Å². The zero-order valence-corrected chi connectivity index (χ0v) is 11.6.